The third kappa shape index (κ3) is 5.73. The molecule has 0 aliphatic carbocycles. The summed E-state index contributed by atoms with van der Waals surface area (Å²) in [6.07, 6.45) is 2.83. The van der Waals surface area contributed by atoms with Gasteiger partial charge >= 0.3 is 0 Å². The van der Waals surface area contributed by atoms with Crippen molar-refractivity contribution in [1.82, 2.24) is 5.32 Å². The Kier molecular flexibility index (Phi) is 7.33. The van der Waals surface area contributed by atoms with Crippen LogP contribution in [0.15, 0.2) is 52.9 Å². The third-order valence-electron chi connectivity index (χ3n) is 4.97. The minimum atomic E-state index is 0.00412. The molecule has 160 valence electrons. The largest absolute Gasteiger partial charge is 0.492 e. The monoisotopic (exact) mass is 407 g/mol. The van der Waals surface area contributed by atoms with Crippen LogP contribution in [0.2, 0.25) is 0 Å². The van der Waals surface area contributed by atoms with Gasteiger partial charge in [-0.2, -0.15) is 0 Å². The fourth-order valence-electron chi connectivity index (χ4n) is 3.41. The third-order valence-corrected chi connectivity index (χ3v) is 4.97. The second-order valence-corrected chi connectivity index (χ2v) is 8.94. The topological polar surface area (TPSA) is 51.5 Å². The minimum absolute atomic E-state index is 0.00412. The molecular weight excluding hydrogens is 374 g/mol. The summed E-state index contributed by atoms with van der Waals surface area (Å²) in [6, 6.07) is 15.2. The standard InChI is InChI=1S/C26H33NO3/c1-5-6-10-23-24(21-9-7-8-11-22(21)30-23)25(28)19-12-14-20(15-13-19)29-17-16-27-18-26(2,3)4/h7-9,11-15,27H,5-6,10,16-18H2,1-4H3. The van der Waals surface area contributed by atoms with Crippen LogP contribution in [-0.2, 0) is 6.42 Å². The van der Waals surface area contributed by atoms with Crippen molar-refractivity contribution in [2.24, 2.45) is 5.41 Å². The van der Waals surface area contributed by atoms with E-state index in [1.54, 1.807) is 0 Å². The van der Waals surface area contributed by atoms with Gasteiger partial charge in [0, 0.05) is 30.5 Å². The van der Waals surface area contributed by atoms with E-state index in [-0.39, 0.29) is 11.2 Å². The molecule has 0 saturated carbocycles. The SMILES string of the molecule is CCCCc1oc2ccccc2c1C(=O)c1ccc(OCCNCC(C)(C)C)cc1. The number of benzene rings is 2. The number of hydrogen-bond acceptors (Lipinski definition) is 4. The number of furan rings is 1. The Labute approximate surface area is 179 Å². The molecule has 0 aliphatic heterocycles. The van der Waals surface area contributed by atoms with Gasteiger partial charge in [0.1, 0.15) is 23.7 Å². The summed E-state index contributed by atoms with van der Waals surface area (Å²) in [5, 5.41) is 4.28. The van der Waals surface area contributed by atoms with Crippen molar-refractivity contribution in [3.8, 4) is 5.75 Å². The Morgan fingerprint density at radius 3 is 2.50 bits per heavy atom. The zero-order valence-corrected chi connectivity index (χ0v) is 18.6. The molecular formula is C26H33NO3. The quantitative estimate of drug-likeness (QED) is 0.330. The van der Waals surface area contributed by atoms with E-state index < -0.39 is 0 Å². The second kappa shape index (κ2) is 9.94. The molecule has 0 fully saturated rings. The first-order valence-corrected chi connectivity index (χ1v) is 10.9. The smallest absolute Gasteiger partial charge is 0.197 e. The maximum atomic E-state index is 13.3. The fourth-order valence-corrected chi connectivity index (χ4v) is 3.41. The maximum absolute atomic E-state index is 13.3. The molecule has 1 N–H and O–H groups in total. The highest BCUT2D eigenvalue weighted by Crippen LogP contribution is 2.29. The van der Waals surface area contributed by atoms with Crippen LogP contribution in [0.1, 0.15) is 62.2 Å². The van der Waals surface area contributed by atoms with Crippen LogP contribution in [0.3, 0.4) is 0 Å². The number of hydrogen-bond donors (Lipinski definition) is 1. The molecule has 1 heterocycles. The zero-order valence-electron chi connectivity index (χ0n) is 18.6. The zero-order chi connectivity index (χ0) is 21.6. The summed E-state index contributed by atoms with van der Waals surface area (Å²) in [7, 11) is 0. The van der Waals surface area contributed by atoms with Crippen molar-refractivity contribution >= 4 is 16.8 Å². The van der Waals surface area contributed by atoms with Gasteiger partial charge in [-0.25, -0.2) is 0 Å². The summed E-state index contributed by atoms with van der Waals surface area (Å²) >= 11 is 0. The molecule has 0 unspecified atom stereocenters. The summed E-state index contributed by atoms with van der Waals surface area (Å²) < 4.78 is 11.8. The van der Waals surface area contributed by atoms with Gasteiger partial charge in [-0.1, -0.05) is 52.3 Å². The number of fused-ring (bicyclic) bond motifs is 1. The molecule has 0 amide bonds. The lowest BCUT2D eigenvalue weighted by Crippen LogP contribution is -2.30. The van der Waals surface area contributed by atoms with Gasteiger partial charge in [0.25, 0.3) is 0 Å². The Hall–Kier alpha value is -2.59. The highest BCUT2D eigenvalue weighted by atomic mass is 16.5. The van der Waals surface area contributed by atoms with E-state index in [0.717, 1.165) is 54.8 Å². The second-order valence-electron chi connectivity index (χ2n) is 8.94. The number of ketones is 1. The van der Waals surface area contributed by atoms with Crippen molar-refractivity contribution in [3.05, 3.63) is 65.4 Å². The predicted molar refractivity (Wildman–Crippen MR) is 123 cm³/mol. The van der Waals surface area contributed by atoms with Crippen LogP contribution in [0.25, 0.3) is 11.0 Å². The summed E-state index contributed by atoms with van der Waals surface area (Å²) in [4.78, 5) is 13.3. The number of rotatable bonds is 10. The van der Waals surface area contributed by atoms with Crippen molar-refractivity contribution in [1.29, 1.82) is 0 Å². The van der Waals surface area contributed by atoms with Gasteiger partial charge < -0.3 is 14.5 Å². The summed E-state index contributed by atoms with van der Waals surface area (Å²) in [5.74, 6) is 1.56. The molecule has 3 aromatic rings. The lowest BCUT2D eigenvalue weighted by Gasteiger charge is -2.18. The molecule has 30 heavy (non-hydrogen) atoms. The number of carbonyl (C=O) groups excluding carboxylic acids is 1. The van der Waals surface area contributed by atoms with E-state index in [1.165, 1.54) is 0 Å². The van der Waals surface area contributed by atoms with Crippen LogP contribution >= 0.6 is 0 Å². The molecule has 4 nitrogen and oxygen atoms in total. The van der Waals surface area contributed by atoms with E-state index >= 15 is 0 Å². The van der Waals surface area contributed by atoms with E-state index in [0.29, 0.717) is 17.7 Å². The lowest BCUT2D eigenvalue weighted by molar-refractivity contribution is 0.103. The Morgan fingerprint density at radius 2 is 1.80 bits per heavy atom. The Morgan fingerprint density at radius 1 is 1.07 bits per heavy atom. The molecule has 0 atom stereocenters. The molecule has 1 aromatic heterocycles. The van der Waals surface area contributed by atoms with E-state index in [9.17, 15) is 4.79 Å². The van der Waals surface area contributed by atoms with Crippen molar-refractivity contribution in [2.45, 2.75) is 47.0 Å². The fraction of sp³-hybridized carbons (Fsp3) is 0.423. The summed E-state index contributed by atoms with van der Waals surface area (Å²) in [6.45, 7) is 11.1. The number of nitrogens with one attached hydrogen (secondary N) is 1. The lowest BCUT2D eigenvalue weighted by atomic mass is 9.97. The van der Waals surface area contributed by atoms with Crippen LogP contribution in [0.4, 0.5) is 0 Å². The minimum Gasteiger partial charge on any atom is -0.492 e. The molecule has 0 radical (unpaired) electrons. The number of carbonyl (C=O) groups is 1. The number of ether oxygens (including phenoxy) is 1. The first kappa shape index (κ1) is 22.1. The van der Waals surface area contributed by atoms with Crippen LogP contribution in [0, 0.1) is 5.41 Å². The molecule has 0 bridgehead atoms. The van der Waals surface area contributed by atoms with Crippen molar-refractivity contribution < 1.29 is 13.9 Å². The molecule has 0 aliphatic rings. The molecule has 0 spiro atoms. The first-order chi connectivity index (χ1) is 14.4. The molecule has 3 rings (SSSR count). The average molecular weight is 408 g/mol. The van der Waals surface area contributed by atoms with Gasteiger partial charge in [-0.3, -0.25) is 4.79 Å². The van der Waals surface area contributed by atoms with E-state index in [1.807, 2.05) is 48.5 Å². The predicted octanol–water partition coefficient (Wildman–Crippen LogP) is 6.02. The van der Waals surface area contributed by atoms with Gasteiger partial charge in [0.15, 0.2) is 5.78 Å². The van der Waals surface area contributed by atoms with Gasteiger partial charge in [0.05, 0.1) is 5.56 Å². The number of aryl methyl sites for hydroxylation is 1. The number of unbranched alkanes of at least 4 members (excludes halogenated alkanes) is 1. The van der Waals surface area contributed by atoms with Gasteiger partial charge in [0.2, 0.25) is 0 Å². The van der Waals surface area contributed by atoms with Crippen molar-refractivity contribution in [2.75, 3.05) is 19.7 Å². The molecule has 4 heteroatoms. The summed E-state index contributed by atoms with van der Waals surface area (Å²) in [5.41, 5.74) is 2.38. The highest BCUT2D eigenvalue weighted by molar-refractivity contribution is 6.16. The van der Waals surface area contributed by atoms with Gasteiger partial charge in [-0.05, 0) is 42.2 Å². The van der Waals surface area contributed by atoms with Gasteiger partial charge in [-0.15, -0.1) is 0 Å². The van der Waals surface area contributed by atoms with Crippen LogP contribution in [0.5, 0.6) is 5.75 Å². The van der Waals surface area contributed by atoms with Crippen molar-refractivity contribution in [3.63, 3.8) is 0 Å². The number of para-hydroxylation sites is 1. The Balaban J connectivity index is 1.69. The first-order valence-electron chi connectivity index (χ1n) is 10.9. The molecule has 0 saturated heterocycles. The normalized spacial score (nSPS) is 11.7. The van der Waals surface area contributed by atoms with E-state index in [4.69, 9.17) is 9.15 Å². The van der Waals surface area contributed by atoms with E-state index in [2.05, 4.69) is 33.0 Å². The molecule has 2 aromatic carbocycles. The Bertz CT molecular complexity index is 964. The van der Waals surface area contributed by atoms with Crippen LogP contribution < -0.4 is 10.1 Å². The average Bonchev–Trinajstić information content (AvgIpc) is 3.09. The maximum Gasteiger partial charge on any atom is 0.197 e. The highest BCUT2D eigenvalue weighted by Gasteiger charge is 2.21. The van der Waals surface area contributed by atoms with Crippen LogP contribution in [-0.4, -0.2) is 25.5 Å².